The van der Waals surface area contributed by atoms with E-state index in [4.69, 9.17) is 9.05 Å². The number of rotatable bonds is 43. The number of allylic oxidation sites excluding steroid dienone is 3. The van der Waals surface area contributed by atoms with E-state index in [1.54, 1.807) is 6.08 Å². The minimum Gasteiger partial charge on any atom is -0.756 e. The predicted octanol–water partition coefficient (Wildman–Crippen LogP) is 12.7. The van der Waals surface area contributed by atoms with Crippen molar-refractivity contribution in [3.8, 4) is 0 Å². The molecule has 0 aliphatic heterocycles. The smallest absolute Gasteiger partial charge is 0.268 e. The third-order valence-electron chi connectivity index (χ3n) is 10.7. The molecule has 332 valence electrons. The molecule has 0 aromatic carbocycles. The molecule has 1 amide bonds. The van der Waals surface area contributed by atoms with E-state index < -0.39 is 20.0 Å². The highest BCUT2D eigenvalue weighted by Gasteiger charge is 2.23. The summed E-state index contributed by atoms with van der Waals surface area (Å²) in [6.07, 6.45) is 46.7. The fraction of sp³-hybridized carbons (Fsp3) is 0.894. The summed E-state index contributed by atoms with van der Waals surface area (Å²) in [5.74, 6) is -0.199. The van der Waals surface area contributed by atoms with Crippen LogP contribution in [-0.4, -0.2) is 68.5 Å². The number of phosphoric ester groups is 1. The number of hydrogen-bond acceptors (Lipinski definition) is 6. The Morgan fingerprint density at radius 1 is 0.607 bits per heavy atom. The van der Waals surface area contributed by atoms with Crippen LogP contribution in [0.4, 0.5) is 0 Å². The van der Waals surface area contributed by atoms with Gasteiger partial charge in [0, 0.05) is 6.42 Å². The zero-order valence-electron chi connectivity index (χ0n) is 37.6. The van der Waals surface area contributed by atoms with Crippen molar-refractivity contribution in [2.45, 2.75) is 231 Å². The van der Waals surface area contributed by atoms with E-state index in [1.165, 1.54) is 161 Å². The molecule has 0 fully saturated rings. The number of aliphatic hydroxyl groups excluding tert-OH is 1. The second kappa shape index (κ2) is 39.4. The molecule has 8 nitrogen and oxygen atoms in total. The van der Waals surface area contributed by atoms with Crippen molar-refractivity contribution in [1.82, 2.24) is 5.32 Å². The molecule has 0 spiro atoms. The van der Waals surface area contributed by atoms with Crippen LogP contribution in [0.15, 0.2) is 24.3 Å². The Labute approximate surface area is 347 Å². The van der Waals surface area contributed by atoms with Gasteiger partial charge in [0.25, 0.3) is 7.82 Å². The number of likely N-dealkylation sites (N-methyl/N-ethyl adjacent to an activating group) is 1. The van der Waals surface area contributed by atoms with Crippen molar-refractivity contribution in [2.75, 3.05) is 40.9 Å². The number of quaternary nitrogens is 1. The van der Waals surface area contributed by atoms with E-state index >= 15 is 0 Å². The van der Waals surface area contributed by atoms with Crippen LogP contribution >= 0.6 is 7.82 Å². The van der Waals surface area contributed by atoms with Gasteiger partial charge in [0.05, 0.1) is 39.9 Å². The van der Waals surface area contributed by atoms with Gasteiger partial charge < -0.3 is 28.8 Å². The first kappa shape index (κ1) is 55.0. The third kappa shape index (κ3) is 41.2. The summed E-state index contributed by atoms with van der Waals surface area (Å²) in [6, 6.07) is -0.881. The fourth-order valence-corrected chi connectivity index (χ4v) is 7.58. The highest BCUT2D eigenvalue weighted by molar-refractivity contribution is 7.45. The van der Waals surface area contributed by atoms with Crippen LogP contribution in [0.25, 0.3) is 0 Å². The van der Waals surface area contributed by atoms with Crippen LogP contribution in [0.1, 0.15) is 219 Å². The summed E-state index contributed by atoms with van der Waals surface area (Å²) in [5.41, 5.74) is 0. The third-order valence-corrected chi connectivity index (χ3v) is 11.6. The second-order valence-corrected chi connectivity index (χ2v) is 18.9. The minimum absolute atomic E-state index is 0.000111. The molecular weight excluding hydrogens is 719 g/mol. The van der Waals surface area contributed by atoms with Crippen LogP contribution in [-0.2, 0) is 18.4 Å². The molecule has 0 saturated heterocycles. The van der Waals surface area contributed by atoms with Crippen molar-refractivity contribution in [2.24, 2.45) is 0 Å². The maximum Gasteiger partial charge on any atom is 0.268 e. The predicted molar refractivity (Wildman–Crippen MR) is 238 cm³/mol. The fourth-order valence-electron chi connectivity index (χ4n) is 6.85. The highest BCUT2D eigenvalue weighted by Crippen LogP contribution is 2.38. The largest absolute Gasteiger partial charge is 0.756 e. The molecule has 0 heterocycles. The first-order valence-electron chi connectivity index (χ1n) is 23.7. The lowest BCUT2D eigenvalue weighted by molar-refractivity contribution is -0.870. The Hall–Kier alpha value is -1.02. The van der Waals surface area contributed by atoms with Crippen molar-refractivity contribution in [3.63, 3.8) is 0 Å². The molecule has 0 rings (SSSR count). The van der Waals surface area contributed by atoms with E-state index in [-0.39, 0.29) is 19.1 Å². The minimum atomic E-state index is -4.58. The first-order valence-corrected chi connectivity index (χ1v) is 25.2. The molecule has 0 saturated carbocycles. The Morgan fingerprint density at radius 2 is 0.982 bits per heavy atom. The number of nitrogens with zero attached hydrogens (tertiary/aromatic N) is 1. The van der Waals surface area contributed by atoms with E-state index in [1.807, 2.05) is 27.2 Å². The van der Waals surface area contributed by atoms with Gasteiger partial charge in [0.1, 0.15) is 13.2 Å². The van der Waals surface area contributed by atoms with Crippen molar-refractivity contribution in [1.29, 1.82) is 0 Å². The molecule has 0 aliphatic rings. The van der Waals surface area contributed by atoms with E-state index in [0.29, 0.717) is 17.4 Å². The maximum atomic E-state index is 12.8. The topological polar surface area (TPSA) is 108 Å². The quantitative estimate of drug-likeness (QED) is 0.0275. The SMILES string of the molecule is CCCCCCCCC/C=C/C(O)C(COP(=O)([O-])OCC[N+](C)(C)C)NC(=O)CCCCCCCCCCCCCCC/C=C\CCCCCCCCCC. The lowest BCUT2D eigenvalue weighted by atomic mass is 10.0. The molecule has 9 heteroatoms. The molecular formula is C47H93N2O6P. The Balaban J connectivity index is 4.12. The van der Waals surface area contributed by atoms with Crippen LogP contribution < -0.4 is 10.2 Å². The van der Waals surface area contributed by atoms with Gasteiger partial charge in [-0.15, -0.1) is 0 Å². The van der Waals surface area contributed by atoms with Crippen molar-refractivity contribution >= 4 is 13.7 Å². The Bertz CT molecular complexity index is 969. The average molecular weight is 813 g/mol. The van der Waals surface area contributed by atoms with Gasteiger partial charge in [-0.3, -0.25) is 9.36 Å². The summed E-state index contributed by atoms with van der Waals surface area (Å²) < 4.78 is 23.1. The number of aliphatic hydroxyl groups is 1. The number of amides is 1. The molecule has 56 heavy (non-hydrogen) atoms. The number of hydrogen-bond donors (Lipinski definition) is 2. The van der Waals surface area contributed by atoms with Crippen LogP contribution in [0.3, 0.4) is 0 Å². The normalized spacial score (nSPS) is 14.5. The average Bonchev–Trinajstić information content (AvgIpc) is 3.15. The van der Waals surface area contributed by atoms with Gasteiger partial charge in [0.2, 0.25) is 5.91 Å². The number of carbonyl (C=O) groups excluding carboxylic acids is 1. The lowest BCUT2D eigenvalue weighted by Gasteiger charge is -2.29. The molecule has 2 N–H and O–H groups in total. The molecule has 3 unspecified atom stereocenters. The van der Waals surface area contributed by atoms with Crippen molar-refractivity contribution < 1.29 is 32.9 Å². The molecule has 0 aromatic rings. The summed E-state index contributed by atoms with van der Waals surface area (Å²) in [6.45, 7) is 4.62. The van der Waals surface area contributed by atoms with Crippen LogP contribution in [0.2, 0.25) is 0 Å². The highest BCUT2D eigenvalue weighted by atomic mass is 31.2. The van der Waals surface area contributed by atoms with Gasteiger partial charge in [-0.25, -0.2) is 0 Å². The van der Waals surface area contributed by atoms with Gasteiger partial charge in [0.15, 0.2) is 0 Å². The number of carbonyl (C=O) groups is 1. The summed E-state index contributed by atoms with van der Waals surface area (Å²) in [5, 5.41) is 13.7. The zero-order chi connectivity index (χ0) is 41.4. The molecule has 0 radical (unpaired) electrons. The van der Waals surface area contributed by atoms with Gasteiger partial charge >= 0.3 is 0 Å². The maximum absolute atomic E-state index is 12.8. The zero-order valence-corrected chi connectivity index (χ0v) is 38.5. The van der Waals surface area contributed by atoms with E-state index in [0.717, 1.165) is 38.5 Å². The number of nitrogens with one attached hydrogen (secondary N) is 1. The molecule has 0 bridgehead atoms. The van der Waals surface area contributed by atoms with Crippen molar-refractivity contribution in [3.05, 3.63) is 24.3 Å². The van der Waals surface area contributed by atoms with Gasteiger partial charge in [-0.05, 0) is 44.9 Å². The van der Waals surface area contributed by atoms with Crippen LogP contribution in [0.5, 0.6) is 0 Å². The summed E-state index contributed by atoms with van der Waals surface area (Å²) in [4.78, 5) is 25.2. The standard InChI is InChI=1S/C47H93N2O6P/c1-6-8-10-12-14-16-17-18-19-20-21-22-23-24-25-26-27-28-29-30-31-33-35-37-39-41-47(51)48-45(44-55-56(52,53)54-43-42-49(3,4)5)46(50)40-38-36-34-32-15-13-11-9-7-2/h20-21,38,40,45-46,50H,6-19,22-37,39,41-44H2,1-5H3,(H-,48,51,52,53)/b21-20-,40-38+. The monoisotopic (exact) mass is 813 g/mol. The summed E-state index contributed by atoms with van der Waals surface area (Å²) >= 11 is 0. The van der Waals surface area contributed by atoms with Crippen LogP contribution in [0, 0.1) is 0 Å². The number of phosphoric acid groups is 1. The van der Waals surface area contributed by atoms with Gasteiger partial charge in [-0.2, -0.15) is 0 Å². The Morgan fingerprint density at radius 3 is 1.39 bits per heavy atom. The lowest BCUT2D eigenvalue weighted by Crippen LogP contribution is -2.45. The molecule has 3 atom stereocenters. The summed E-state index contributed by atoms with van der Waals surface area (Å²) in [7, 11) is 1.26. The first-order chi connectivity index (χ1) is 27.0. The van der Waals surface area contributed by atoms with Gasteiger partial charge in [-0.1, -0.05) is 192 Å². The molecule has 0 aliphatic carbocycles. The van der Waals surface area contributed by atoms with E-state index in [9.17, 15) is 19.4 Å². The second-order valence-electron chi connectivity index (χ2n) is 17.5. The number of unbranched alkanes of at least 4 members (excludes halogenated alkanes) is 28. The Kier molecular flexibility index (Phi) is 38.7. The van der Waals surface area contributed by atoms with E-state index in [2.05, 4.69) is 31.3 Å². The molecule has 0 aromatic heterocycles.